The second kappa shape index (κ2) is 13.1. The van der Waals surface area contributed by atoms with Crippen LogP contribution >= 0.6 is 22.9 Å². The molecule has 0 spiro atoms. The maximum Gasteiger partial charge on any atom is 0.434 e. The van der Waals surface area contributed by atoms with E-state index in [9.17, 15) is 14.4 Å². The molecule has 2 saturated heterocycles. The van der Waals surface area contributed by atoms with Crippen LogP contribution in [0, 0.1) is 0 Å². The lowest BCUT2D eigenvalue weighted by Crippen LogP contribution is -2.36. The van der Waals surface area contributed by atoms with E-state index in [-0.39, 0.29) is 25.2 Å². The highest BCUT2D eigenvalue weighted by atomic mass is 35.5. The summed E-state index contributed by atoms with van der Waals surface area (Å²) in [6.07, 6.45) is 7.58. The van der Waals surface area contributed by atoms with Crippen molar-refractivity contribution in [2.75, 3.05) is 41.5 Å². The highest BCUT2D eigenvalue weighted by molar-refractivity contribution is 7.18. The summed E-state index contributed by atoms with van der Waals surface area (Å²) < 4.78 is 0.528. The van der Waals surface area contributed by atoms with E-state index in [0.29, 0.717) is 27.0 Å². The number of hydrogen-bond donors (Lipinski definition) is 2. The first-order chi connectivity index (χ1) is 17.9. The molecule has 0 aliphatic carbocycles. The van der Waals surface area contributed by atoms with Crippen molar-refractivity contribution >= 4 is 57.9 Å². The van der Waals surface area contributed by atoms with Gasteiger partial charge in [-0.15, -0.1) is 11.3 Å². The van der Waals surface area contributed by atoms with Gasteiger partial charge in [0.1, 0.15) is 13.3 Å². The number of unbranched alkanes of at least 4 members (excludes halogenated alkanes) is 4. The number of nitrogens with zero attached hydrogens (tertiary/aromatic N) is 3. The highest BCUT2D eigenvalue weighted by Gasteiger charge is 2.32. The van der Waals surface area contributed by atoms with Crippen LogP contribution in [0.4, 0.5) is 21.9 Å². The molecule has 2 fully saturated rings. The number of carbonyl (C=O) groups is 3. The van der Waals surface area contributed by atoms with Crippen molar-refractivity contribution in [2.45, 2.75) is 58.3 Å². The molecule has 0 atom stereocenters. The Morgan fingerprint density at radius 3 is 2.59 bits per heavy atom. The standard InChI is InChI=1S/C26H34ClN5O4S/c1-2-3-4-5-6-9-24(33)29-20-16-19(10-11-21(20)30-14-7-8-15-30)32-18-31(36-26(32)35)17-28-25(34)22-12-13-23(27)37-22/h10-13,16H,2-9,14-15,17-18H2,1H3,(H,28,34)(H,29,33). The number of benzene rings is 1. The Morgan fingerprint density at radius 2 is 1.86 bits per heavy atom. The van der Waals surface area contributed by atoms with Crippen molar-refractivity contribution in [1.29, 1.82) is 0 Å². The number of halogens is 1. The number of nitrogens with one attached hydrogen (secondary N) is 2. The normalized spacial score (nSPS) is 15.8. The number of thiophene rings is 1. The molecule has 9 nitrogen and oxygen atoms in total. The zero-order valence-corrected chi connectivity index (χ0v) is 22.7. The summed E-state index contributed by atoms with van der Waals surface area (Å²) in [5, 5.41) is 7.20. The van der Waals surface area contributed by atoms with Crippen molar-refractivity contribution in [1.82, 2.24) is 10.4 Å². The molecule has 200 valence electrons. The average Bonchev–Trinajstić information content (AvgIpc) is 3.64. The van der Waals surface area contributed by atoms with Crippen LogP contribution in [0.5, 0.6) is 0 Å². The van der Waals surface area contributed by atoms with Crippen LogP contribution in [0.1, 0.15) is 68.0 Å². The molecular formula is C26H34ClN5O4S. The first-order valence-electron chi connectivity index (χ1n) is 12.9. The Labute approximate surface area is 226 Å². The van der Waals surface area contributed by atoms with Crippen molar-refractivity contribution in [3.8, 4) is 0 Å². The van der Waals surface area contributed by atoms with Gasteiger partial charge in [-0.1, -0.05) is 49.3 Å². The molecule has 2 N–H and O–H groups in total. The van der Waals surface area contributed by atoms with Crippen LogP contribution in [0.3, 0.4) is 0 Å². The van der Waals surface area contributed by atoms with E-state index in [1.54, 1.807) is 12.1 Å². The van der Waals surface area contributed by atoms with E-state index in [2.05, 4.69) is 22.5 Å². The van der Waals surface area contributed by atoms with Gasteiger partial charge in [0.2, 0.25) is 5.91 Å². The van der Waals surface area contributed by atoms with Gasteiger partial charge in [0.05, 0.1) is 26.3 Å². The zero-order chi connectivity index (χ0) is 26.2. The smallest absolute Gasteiger partial charge is 0.370 e. The van der Waals surface area contributed by atoms with E-state index in [4.69, 9.17) is 16.4 Å². The van der Waals surface area contributed by atoms with Gasteiger partial charge < -0.3 is 20.4 Å². The summed E-state index contributed by atoms with van der Waals surface area (Å²) in [6.45, 7) is 4.22. The molecule has 1 aromatic carbocycles. The van der Waals surface area contributed by atoms with Gasteiger partial charge in [0.15, 0.2) is 0 Å². The Kier molecular flexibility index (Phi) is 9.65. The van der Waals surface area contributed by atoms with Crippen molar-refractivity contribution in [2.24, 2.45) is 0 Å². The fraction of sp³-hybridized carbons (Fsp3) is 0.500. The quantitative estimate of drug-likeness (QED) is 0.325. The molecule has 11 heteroatoms. The molecule has 0 saturated carbocycles. The molecule has 3 heterocycles. The number of rotatable bonds is 12. The fourth-order valence-corrected chi connectivity index (χ4v) is 5.44. The molecular weight excluding hydrogens is 514 g/mol. The van der Waals surface area contributed by atoms with Crippen molar-refractivity contribution in [3.63, 3.8) is 0 Å². The van der Waals surface area contributed by atoms with Crippen molar-refractivity contribution < 1.29 is 19.2 Å². The first kappa shape index (κ1) is 27.2. The molecule has 2 aromatic rings. The highest BCUT2D eigenvalue weighted by Crippen LogP contribution is 2.34. The predicted octanol–water partition coefficient (Wildman–Crippen LogP) is 5.82. The number of amides is 3. The number of hydroxylamine groups is 2. The van der Waals surface area contributed by atoms with E-state index in [0.717, 1.165) is 50.9 Å². The van der Waals surface area contributed by atoms with Gasteiger partial charge in [-0.25, -0.2) is 4.79 Å². The summed E-state index contributed by atoms with van der Waals surface area (Å²) in [5.41, 5.74) is 2.28. The molecule has 0 bridgehead atoms. The van der Waals surface area contributed by atoms with Crippen LogP contribution in [-0.2, 0) is 9.63 Å². The largest absolute Gasteiger partial charge is 0.434 e. The fourth-order valence-electron chi connectivity index (χ4n) is 4.48. The van der Waals surface area contributed by atoms with E-state index in [1.165, 1.54) is 34.1 Å². The topological polar surface area (TPSA) is 94.2 Å². The lowest BCUT2D eigenvalue weighted by atomic mass is 10.1. The summed E-state index contributed by atoms with van der Waals surface area (Å²) in [7, 11) is 0. The maximum atomic E-state index is 12.7. The lowest BCUT2D eigenvalue weighted by Gasteiger charge is -2.23. The second-order valence-electron chi connectivity index (χ2n) is 9.28. The van der Waals surface area contributed by atoms with Crippen LogP contribution in [0.25, 0.3) is 0 Å². The van der Waals surface area contributed by atoms with Crippen LogP contribution < -0.4 is 20.4 Å². The third-order valence-corrected chi connectivity index (χ3v) is 7.69. The van der Waals surface area contributed by atoms with Gasteiger partial charge in [0, 0.05) is 19.5 Å². The van der Waals surface area contributed by atoms with Crippen molar-refractivity contribution in [3.05, 3.63) is 39.5 Å². The second-order valence-corrected chi connectivity index (χ2v) is 11.0. The Bertz CT molecular complexity index is 1100. The molecule has 0 unspecified atom stereocenters. The molecule has 0 radical (unpaired) electrons. The summed E-state index contributed by atoms with van der Waals surface area (Å²) in [4.78, 5) is 47.2. The molecule has 1 aromatic heterocycles. The predicted molar refractivity (Wildman–Crippen MR) is 147 cm³/mol. The number of anilines is 3. The lowest BCUT2D eigenvalue weighted by molar-refractivity contribution is -0.116. The minimum absolute atomic E-state index is 0.0175. The Morgan fingerprint density at radius 1 is 1.08 bits per heavy atom. The van der Waals surface area contributed by atoms with Gasteiger partial charge in [-0.3, -0.25) is 14.5 Å². The third kappa shape index (κ3) is 7.37. The van der Waals surface area contributed by atoms with E-state index < -0.39 is 6.09 Å². The van der Waals surface area contributed by atoms with Gasteiger partial charge in [-0.05, 0) is 49.6 Å². The minimum Gasteiger partial charge on any atom is -0.370 e. The van der Waals surface area contributed by atoms with Gasteiger partial charge in [0.25, 0.3) is 5.91 Å². The first-order valence-corrected chi connectivity index (χ1v) is 14.1. The Hall–Kier alpha value is -2.82. The molecule has 4 rings (SSSR count). The molecule has 3 amide bonds. The van der Waals surface area contributed by atoms with E-state index >= 15 is 0 Å². The summed E-state index contributed by atoms with van der Waals surface area (Å²) in [5.74, 6) is -0.308. The summed E-state index contributed by atoms with van der Waals surface area (Å²) >= 11 is 7.08. The van der Waals surface area contributed by atoms with E-state index in [1.807, 2.05) is 18.2 Å². The monoisotopic (exact) mass is 547 g/mol. The van der Waals surface area contributed by atoms with Crippen LogP contribution in [0.15, 0.2) is 30.3 Å². The number of hydrogen-bond acceptors (Lipinski definition) is 7. The molecule has 2 aliphatic rings. The minimum atomic E-state index is -0.546. The molecule has 2 aliphatic heterocycles. The van der Waals surface area contributed by atoms with Gasteiger partial charge >= 0.3 is 6.09 Å². The van der Waals surface area contributed by atoms with Crippen LogP contribution in [0.2, 0.25) is 4.34 Å². The Balaban J connectivity index is 1.40. The zero-order valence-electron chi connectivity index (χ0n) is 21.1. The SMILES string of the molecule is CCCCCCCC(=O)Nc1cc(N2CN(CNC(=O)c3ccc(Cl)s3)OC2=O)ccc1N1CCCC1. The average molecular weight is 548 g/mol. The number of carbonyl (C=O) groups excluding carboxylic acids is 3. The molecule has 37 heavy (non-hydrogen) atoms. The van der Waals surface area contributed by atoms with Crippen LogP contribution in [-0.4, -0.2) is 49.4 Å². The third-order valence-electron chi connectivity index (χ3n) is 6.46. The summed E-state index contributed by atoms with van der Waals surface area (Å²) in [6, 6.07) is 8.96. The van der Waals surface area contributed by atoms with Gasteiger partial charge in [-0.2, -0.15) is 0 Å². The maximum absolute atomic E-state index is 12.7.